The zero-order chi connectivity index (χ0) is 15.5. The van der Waals surface area contributed by atoms with E-state index >= 15 is 0 Å². The van der Waals surface area contributed by atoms with Gasteiger partial charge in [0.1, 0.15) is 0 Å². The molecule has 21 heavy (non-hydrogen) atoms. The van der Waals surface area contributed by atoms with Gasteiger partial charge < -0.3 is 5.32 Å². The molecule has 0 spiro atoms. The summed E-state index contributed by atoms with van der Waals surface area (Å²) in [4.78, 5) is 15.0. The van der Waals surface area contributed by atoms with E-state index in [1.165, 1.54) is 6.07 Å². The first kappa shape index (κ1) is 15.6. The molecule has 0 saturated heterocycles. The van der Waals surface area contributed by atoms with Crippen molar-refractivity contribution in [1.82, 2.24) is 10.3 Å². The summed E-state index contributed by atoms with van der Waals surface area (Å²) in [6, 6.07) is 6.67. The molecule has 1 aromatic carbocycles. The van der Waals surface area contributed by atoms with Gasteiger partial charge in [0.25, 0.3) is 5.69 Å². The van der Waals surface area contributed by atoms with Gasteiger partial charge in [0.05, 0.1) is 15.6 Å². The summed E-state index contributed by atoms with van der Waals surface area (Å²) < 4.78 is 0. The number of hydrogen-bond acceptors (Lipinski definition) is 5. The van der Waals surface area contributed by atoms with Crippen LogP contribution in [0.5, 0.6) is 0 Å². The molecule has 1 aromatic heterocycles. The first-order valence-electron chi connectivity index (χ1n) is 6.75. The second-order valence-electron chi connectivity index (χ2n) is 5.92. The Kier molecular flexibility index (Phi) is 4.69. The van der Waals surface area contributed by atoms with E-state index in [1.54, 1.807) is 23.5 Å². The maximum atomic E-state index is 10.7. The Bertz CT molecular complexity index is 632. The van der Waals surface area contributed by atoms with E-state index in [0.29, 0.717) is 13.1 Å². The lowest BCUT2D eigenvalue weighted by atomic mass is 9.98. The highest BCUT2D eigenvalue weighted by atomic mass is 32.1. The van der Waals surface area contributed by atoms with Crippen molar-refractivity contribution in [3.05, 3.63) is 56.0 Å². The van der Waals surface area contributed by atoms with Crippen molar-refractivity contribution in [1.29, 1.82) is 0 Å². The SMILES string of the molecule is CC(C)(C)c1nc(CNCc2cccc([N+](=O)[O-])c2)cs1. The van der Waals surface area contributed by atoms with Crippen molar-refractivity contribution in [2.75, 3.05) is 0 Å². The van der Waals surface area contributed by atoms with Crippen molar-refractivity contribution in [2.45, 2.75) is 39.3 Å². The molecule has 0 bridgehead atoms. The second-order valence-corrected chi connectivity index (χ2v) is 6.78. The van der Waals surface area contributed by atoms with Gasteiger partial charge in [0.15, 0.2) is 0 Å². The van der Waals surface area contributed by atoms with Gasteiger partial charge in [-0.2, -0.15) is 0 Å². The standard InChI is InChI=1S/C15H19N3O2S/c1-15(2,3)14-17-12(10-21-14)9-16-8-11-5-4-6-13(7-11)18(19)20/h4-7,10,16H,8-9H2,1-3H3. The van der Waals surface area contributed by atoms with Crippen molar-refractivity contribution < 1.29 is 4.92 Å². The van der Waals surface area contributed by atoms with E-state index in [2.05, 4.69) is 36.5 Å². The number of hydrogen-bond donors (Lipinski definition) is 1. The summed E-state index contributed by atoms with van der Waals surface area (Å²) in [5.74, 6) is 0. The molecule has 5 nitrogen and oxygen atoms in total. The van der Waals surface area contributed by atoms with Gasteiger partial charge in [-0.05, 0) is 5.56 Å². The van der Waals surface area contributed by atoms with Crippen molar-refractivity contribution in [2.24, 2.45) is 0 Å². The van der Waals surface area contributed by atoms with Crippen LogP contribution in [-0.2, 0) is 18.5 Å². The lowest BCUT2D eigenvalue weighted by molar-refractivity contribution is -0.384. The third kappa shape index (κ3) is 4.34. The first-order chi connectivity index (χ1) is 9.86. The highest BCUT2D eigenvalue weighted by Gasteiger charge is 2.17. The minimum Gasteiger partial charge on any atom is -0.307 e. The third-order valence-electron chi connectivity index (χ3n) is 2.95. The van der Waals surface area contributed by atoms with E-state index in [9.17, 15) is 10.1 Å². The van der Waals surface area contributed by atoms with Crippen LogP contribution in [0.4, 0.5) is 5.69 Å². The average molecular weight is 305 g/mol. The summed E-state index contributed by atoms with van der Waals surface area (Å²) in [5, 5.41) is 17.2. The number of nitro benzene ring substituents is 1. The number of nitro groups is 1. The lowest BCUT2D eigenvalue weighted by Crippen LogP contribution is -2.14. The monoisotopic (exact) mass is 305 g/mol. The number of nitrogens with zero attached hydrogens (tertiary/aromatic N) is 2. The van der Waals surface area contributed by atoms with E-state index < -0.39 is 0 Å². The molecule has 0 unspecified atom stereocenters. The fourth-order valence-corrected chi connectivity index (χ4v) is 2.75. The van der Waals surface area contributed by atoms with Crippen LogP contribution in [0, 0.1) is 10.1 Å². The predicted octanol–water partition coefficient (Wildman–Crippen LogP) is 3.64. The fourth-order valence-electron chi connectivity index (χ4n) is 1.85. The number of thiazole rings is 1. The second kappa shape index (κ2) is 6.32. The molecule has 0 aliphatic heterocycles. The zero-order valence-corrected chi connectivity index (χ0v) is 13.2. The first-order valence-corrected chi connectivity index (χ1v) is 7.63. The Labute approximate surface area is 128 Å². The quantitative estimate of drug-likeness (QED) is 0.676. The summed E-state index contributed by atoms with van der Waals surface area (Å²) >= 11 is 1.67. The van der Waals surface area contributed by atoms with Gasteiger partial charge in [-0.15, -0.1) is 11.3 Å². The normalized spacial score (nSPS) is 11.6. The van der Waals surface area contributed by atoms with Crippen LogP contribution in [0.3, 0.4) is 0 Å². The van der Waals surface area contributed by atoms with E-state index in [-0.39, 0.29) is 16.0 Å². The Morgan fingerprint density at radius 1 is 1.33 bits per heavy atom. The van der Waals surface area contributed by atoms with Gasteiger partial charge in [-0.25, -0.2) is 4.98 Å². The molecule has 0 fully saturated rings. The smallest absolute Gasteiger partial charge is 0.269 e. The number of nitrogens with one attached hydrogen (secondary N) is 1. The molecule has 1 heterocycles. The molecule has 2 aromatic rings. The number of aromatic nitrogens is 1. The predicted molar refractivity (Wildman–Crippen MR) is 84.5 cm³/mol. The minimum absolute atomic E-state index is 0.0724. The molecule has 1 N–H and O–H groups in total. The molecular weight excluding hydrogens is 286 g/mol. The molecule has 2 rings (SSSR count). The van der Waals surface area contributed by atoms with Crippen molar-refractivity contribution in [3.63, 3.8) is 0 Å². The van der Waals surface area contributed by atoms with Crippen LogP contribution in [0.25, 0.3) is 0 Å². The average Bonchev–Trinajstić information content (AvgIpc) is 2.88. The summed E-state index contributed by atoms with van der Waals surface area (Å²) in [7, 11) is 0. The van der Waals surface area contributed by atoms with Crippen LogP contribution in [0.15, 0.2) is 29.6 Å². The highest BCUT2D eigenvalue weighted by Crippen LogP contribution is 2.25. The summed E-state index contributed by atoms with van der Waals surface area (Å²) in [6.45, 7) is 7.68. The van der Waals surface area contributed by atoms with E-state index in [4.69, 9.17) is 0 Å². The molecule has 0 atom stereocenters. The van der Waals surface area contributed by atoms with Gasteiger partial charge >= 0.3 is 0 Å². The highest BCUT2D eigenvalue weighted by molar-refractivity contribution is 7.09. The van der Waals surface area contributed by atoms with Gasteiger partial charge in [0, 0.05) is 36.0 Å². The molecule has 0 aliphatic carbocycles. The third-order valence-corrected chi connectivity index (χ3v) is 4.27. The van der Waals surface area contributed by atoms with E-state index in [0.717, 1.165) is 16.3 Å². The van der Waals surface area contributed by atoms with Gasteiger partial charge in [0.2, 0.25) is 0 Å². The maximum Gasteiger partial charge on any atom is 0.269 e. The largest absolute Gasteiger partial charge is 0.307 e. The van der Waals surface area contributed by atoms with Crippen LogP contribution >= 0.6 is 11.3 Å². The molecule has 0 amide bonds. The number of non-ortho nitro benzene ring substituents is 1. The van der Waals surface area contributed by atoms with Crippen LogP contribution in [-0.4, -0.2) is 9.91 Å². The molecular formula is C15H19N3O2S. The van der Waals surface area contributed by atoms with E-state index in [1.807, 2.05) is 6.07 Å². The van der Waals surface area contributed by atoms with Crippen LogP contribution in [0.1, 0.15) is 37.0 Å². The fraction of sp³-hybridized carbons (Fsp3) is 0.400. The maximum absolute atomic E-state index is 10.7. The lowest BCUT2D eigenvalue weighted by Gasteiger charge is -2.13. The van der Waals surface area contributed by atoms with Gasteiger partial charge in [-0.3, -0.25) is 10.1 Å². The molecule has 0 saturated carbocycles. The Morgan fingerprint density at radius 3 is 2.71 bits per heavy atom. The number of benzene rings is 1. The Hall–Kier alpha value is -1.79. The zero-order valence-electron chi connectivity index (χ0n) is 12.4. The molecule has 0 aliphatic rings. The van der Waals surface area contributed by atoms with Crippen LogP contribution in [0.2, 0.25) is 0 Å². The molecule has 0 radical (unpaired) electrons. The Balaban J connectivity index is 1.91. The minimum atomic E-state index is -0.375. The topological polar surface area (TPSA) is 68.1 Å². The number of rotatable bonds is 5. The van der Waals surface area contributed by atoms with Gasteiger partial charge in [-0.1, -0.05) is 32.9 Å². The van der Waals surface area contributed by atoms with Crippen molar-refractivity contribution >= 4 is 17.0 Å². The summed E-state index contributed by atoms with van der Waals surface area (Å²) in [5.41, 5.74) is 2.10. The van der Waals surface area contributed by atoms with Crippen LogP contribution < -0.4 is 5.32 Å². The molecule has 112 valence electrons. The molecule has 6 heteroatoms. The Morgan fingerprint density at radius 2 is 2.10 bits per heavy atom. The van der Waals surface area contributed by atoms with Crippen molar-refractivity contribution in [3.8, 4) is 0 Å². The summed E-state index contributed by atoms with van der Waals surface area (Å²) in [6.07, 6.45) is 0.